The first kappa shape index (κ1) is 16.2. The lowest BCUT2D eigenvalue weighted by Crippen LogP contribution is -2.28. The second-order valence-corrected chi connectivity index (χ2v) is 6.43. The van der Waals surface area contributed by atoms with Crippen LogP contribution in [0.1, 0.15) is 28.3 Å². The normalized spacial score (nSPS) is 16.6. The van der Waals surface area contributed by atoms with E-state index in [9.17, 15) is 4.79 Å². The molecule has 1 aliphatic heterocycles. The maximum Gasteiger partial charge on any atom is 0.253 e. The third kappa shape index (κ3) is 3.26. The highest BCUT2D eigenvalue weighted by Gasteiger charge is 2.28. The number of anilines is 1. The van der Waals surface area contributed by atoms with E-state index in [1.807, 2.05) is 41.4 Å². The molecule has 1 atom stereocenters. The van der Waals surface area contributed by atoms with E-state index in [0.717, 1.165) is 30.8 Å². The highest BCUT2D eigenvalue weighted by molar-refractivity contribution is 5.94. The van der Waals surface area contributed by atoms with Crippen molar-refractivity contribution in [3.8, 4) is 11.3 Å². The summed E-state index contributed by atoms with van der Waals surface area (Å²) in [5.74, 6) is 0.807. The van der Waals surface area contributed by atoms with Gasteiger partial charge in [-0.05, 0) is 30.2 Å². The van der Waals surface area contributed by atoms with Crippen LogP contribution in [0.4, 0.5) is 5.82 Å². The maximum atomic E-state index is 12.8. The van der Waals surface area contributed by atoms with Crippen LogP contribution in [0.25, 0.3) is 11.3 Å². The van der Waals surface area contributed by atoms with E-state index in [1.165, 1.54) is 11.8 Å². The second kappa shape index (κ2) is 6.92. The molecule has 3 aromatic rings. The number of carbonyl (C=O) groups is 1. The van der Waals surface area contributed by atoms with Gasteiger partial charge >= 0.3 is 0 Å². The van der Waals surface area contributed by atoms with Gasteiger partial charge in [0.15, 0.2) is 0 Å². The molecule has 1 unspecified atom stereocenters. The molecular weight excluding hydrogens is 326 g/mol. The van der Waals surface area contributed by atoms with Crippen LogP contribution < -0.4 is 5.73 Å². The van der Waals surface area contributed by atoms with Crippen molar-refractivity contribution in [2.45, 2.75) is 12.3 Å². The summed E-state index contributed by atoms with van der Waals surface area (Å²) < 4.78 is 0. The van der Waals surface area contributed by atoms with E-state index in [2.05, 4.69) is 21.0 Å². The number of nitrogens with zero attached hydrogens (tertiary/aromatic N) is 4. The van der Waals surface area contributed by atoms with Crippen LogP contribution >= 0.6 is 0 Å². The lowest BCUT2D eigenvalue weighted by atomic mass is 10.0. The standard InChI is InChI=1S/C20H19N5O/c21-19-12-23-18(11-24-19)14-3-5-15(6-4-14)20(26)25-9-7-17(13-25)16-2-1-8-22-10-16/h1-6,8,10-12,17H,7,9,13H2,(H2,21,24). The van der Waals surface area contributed by atoms with E-state index in [-0.39, 0.29) is 5.91 Å². The quantitative estimate of drug-likeness (QED) is 0.789. The second-order valence-electron chi connectivity index (χ2n) is 6.43. The Labute approximate surface area is 151 Å². The third-order valence-corrected chi connectivity index (χ3v) is 4.73. The molecule has 6 heteroatoms. The molecule has 3 heterocycles. The molecule has 0 spiro atoms. The number of nitrogens with two attached hydrogens (primary N) is 1. The minimum atomic E-state index is 0.0614. The van der Waals surface area contributed by atoms with E-state index >= 15 is 0 Å². The van der Waals surface area contributed by atoms with Crippen LogP contribution in [-0.2, 0) is 0 Å². The van der Waals surface area contributed by atoms with Crippen LogP contribution in [-0.4, -0.2) is 38.8 Å². The van der Waals surface area contributed by atoms with Crippen LogP contribution in [0.15, 0.2) is 61.2 Å². The zero-order chi connectivity index (χ0) is 17.9. The summed E-state index contributed by atoms with van der Waals surface area (Å²) >= 11 is 0. The molecule has 130 valence electrons. The Balaban J connectivity index is 1.46. The van der Waals surface area contributed by atoms with Gasteiger partial charge in [0.1, 0.15) is 5.82 Å². The average molecular weight is 345 g/mol. The van der Waals surface area contributed by atoms with Crippen molar-refractivity contribution in [1.82, 2.24) is 19.9 Å². The van der Waals surface area contributed by atoms with Crippen molar-refractivity contribution in [1.29, 1.82) is 0 Å². The summed E-state index contributed by atoms with van der Waals surface area (Å²) in [6, 6.07) is 11.5. The highest BCUT2D eigenvalue weighted by atomic mass is 16.2. The number of nitrogen functional groups attached to an aromatic ring is 1. The Morgan fingerprint density at radius 1 is 1.08 bits per heavy atom. The molecule has 6 nitrogen and oxygen atoms in total. The molecule has 1 fully saturated rings. The minimum Gasteiger partial charge on any atom is -0.382 e. The molecule has 26 heavy (non-hydrogen) atoms. The number of likely N-dealkylation sites (tertiary alicyclic amines) is 1. The Hall–Kier alpha value is -3.28. The van der Waals surface area contributed by atoms with Gasteiger partial charge < -0.3 is 10.6 Å². The Bertz CT molecular complexity index is 894. The molecule has 2 aromatic heterocycles. The van der Waals surface area contributed by atoms with Crippen molar-refractivity contribution in [2.24, 2.45) is 0 Å². The van der Waals surface area contributed by atoms with Gasteiger partial charge in [0, 0.05) is 42.5 Å². The lowest BCUT2D eigenvalue weighted by Gasteiger charge is -2.17. The molecule has 4 rings (SSSR count). The average Bonchev–Trinajstić information content (AvgIpc) is 3.19. The SMILES string of the molecule is Nc1cnc(-c2ccc(C(=O)N3CCC(c4cccnc4)C3)cc2)cn1. The summed E-state index contributed by atoms with van der Waals surface area (Å²) in [6.07, 6.45) is 7.79. The number of benzene rings is 1. The number of rotatable bonds is 3. The van der Waals surface area contributed by atoms with Crippen molar-refractivity contribution >= 4 is 11.7 Å². The van der Waals surface area contributed by atoms with Gasteiger partial charge in [-0.15, -0.1) is 0 Å². The molecular formula is C20H19N5O. The topological polar surface area (TPSA) is 85.0 Å². The monoisotopic (exact) mass is 345 g/mol. The van der Waals surface area contributed by atoms with Gasteiger partial charge in [-0.2, -0.15) is 0 Å². The molecule has 2 N–H and O–H groups in total. The molecule has 1 aromatic carbocycles. The molecule has 0 saturated carbocycles. The zero-order valence-electron chi connectivity index (χ0n) is 14.2. The van der Waals surface area contributed by atoms with E-state index in [0.29, 0.717) is 17.3 Å². The van der Waals surface area contributed by atoms with Crippen LogP contribution in [0.5, 0.6) is 0 Å². The number of pyridine rings is 1. The van der Waals surface area contributed by atoms with Gasteiger partial charge in [0.25, 0.3) is 5.91 Å². The minimum absolute atomic E-state index is 0.0614. The van der Waals surface area contributed by atoms with Gasteiger partial charge in [-0.3, -0.25) is 14.8 Å². The fourth-order valence-corrected chi connectivity index (χ4v) is 3.29. The molecule has 0 aliphatic carbocycles. The van der Waals surface area contributed by atoms with E-state index in [1.54, 1.807) is 12.4 Å². The number of hydrogen-bond acceptors (Lipinski definition) is 5. The maximum absolute atomic E-state index is 12.8. The smallest absolute Gasteiger partial charge is 0.253 e. The fraction of sp³-hybridized carbons (Fsp3) is 0.200. The first-order valence-electron chi connectivity index (χ1n) is 8.58. The molecule has 1 saturated heterocycles. The molecule has 1 amide bonds. The predicted octanol–water partition coefficient (Wildman–Crippen LogP) is 2.75. The Morgan fingerprint density at radius 3 is 2.62 bits per heavy atom. The van der Waals surface area contributed by atoms with Crippen LogP contribution in [0.3, 0.4) is 0 Å². The van der Waals surface area contributed by atoms with E-state index in [4.69, 9.17) is 5.73 Å². The van der Waals surface area contributed by atoms with Gasteiger partial charge in [-0.1, -0.05) is 18.2 Å². The Morgan fingerprint density at radius 2 is 1.92 bits per heavy atom. The summed E-state index contributed by atoms with van der Waals surface area (Å²) in [7, 11) is 0. The van der Waals surface area contributed by atoms with Crippen LogP contribution in [0, 0.1) is 0 Å². The first-order chi connectivity index (χ1) is 12.7. The van der Waals surface area contributed by atoms with Crippen molar-refractivity contribution in [3.05, 3.63) is 72.3 Å². The summed E-state index contributed by atoms with van der Waals surface area (Å²) in [5.41, 5.74) is 9.08. The largest absolute Gasteiger partial charge is 0.382 e. The summed E-state index contributed by atoms with van der Waals surface area (Å²) in [6.45, 7) is 1.50. The third-order valence-electron chi connectivity index (χ3n) is 4.73. The van der Waals surface area contributed by atoms with Crippen molar-refractivity contribution in [2.75, 3.05) is 18.8 Å². The van der Waals surface area contributed by atoms with Gasteiger partial charge in [-0.25, -0.2) is 4.98 Å². The van der Waals surface area contributed by atoms with Crippen molar-refractivity contribution < 1.29 is 4.79 Å². The predicted molar refractivity (Wildman–Crippen MR) is 99.4 cm³/mol. The van der Waals surface area contributed by atoms with Gasteiger partial charge in [0.05, 0.1) is 18.1 Å². The number of amides is 1. The van der Waals surface area contributed by atoms with Crippen molar-refractivity contribution in [3.63, 3.8) is 0 Å². The van der Waals surface area contributed by atoms with E-state index < -0.39 is 0 Å². The molecule has 1 aliphatic rings. The Kier molecular flexibility index (Phi) is 4.31. The number of carbonyl (C=O) groups excluding carboxylic acids is 1. The zero-order valence-corrected chi connectivity index (χ0v) is 14.2. The summed E-state index contributed by atoms with van der Waals surface area (Å²) in [5, 5.41) is 0. The van der Waals surface area contributed by atoms with Crippen LogP contribution in [0.2, 0.25) is 0 Å². The van der Waals surface area contributed by atoms with Gasteiger partial charge in [0.2, 0.25) is 0 Å². The molecule has 0 bridgehead atoms. The summed E-state index contributed by atoms with van der Waals surface area (Å²) in [4.78, 5) is 27.2. The first-order valence-corrected chi connectivity index (χ1v) is 8.58. The highest BCUT2D eigenvalue weighted by Crippen LogP contribution is 2.28. The molecule has 0 radical (unpaired) electrons. The lowest BCUT2D eigenvalue weighted by molar-refractivity contribution is 0.0791. The number of aromatic nitrogens is 3. The fourth-order valence-electron chi connectivity index (χ4n) is 3.29. The number of hydrogen-bond donors (Lipinski definition) is 1.